The number of hydrogen-bond donors (Lipinski definition) is 0. The van der Waals surface area contributed by atoms with Crippen molar-refractivity contribution >= 4 is 27.5 Å². The van der Waals surface area contributed by atoms with E-state index >= 15 is 0 Å². The summed E-state index contributed by atoms with van der Waals surface area (Å²) in [4.78, 5) is 12.1. The molecule has 2 heteroatoms. The van der Waals surface area contributed by atoms with Crippen LogP contribution in [-0.4, -0.2) is 5.97 Å². The lowest BCUT2D eigenvalue weighted by Crippen LogP contribution is -2.07. The minimum Gasteiger partial charge on any atom is -0.426 e. The SMILES string of the molecule is CCCCCCC(=O)Oc1cccc2cc3ccccc3cc12. The molecule has 0 saturated heterocycles. The highest BCUT2D eigenvalue weighted by Crippen LogP contribution is 2.30. The summed E-state index contributed by atoms with van der Waals surface area (Å²) in [6, 6.07) is 18.4. The Balaban J connectivity index is 1.83. The van der Waals surface area contributed by atoms with Crippen LogP contribution in [0.3, 0.4) is 0 Å². The zero-order chi connectivity index (χ0) is 16.1. The topological polar surface area (TPSA) is 26.3 Å². The molecular weight excluding hydrogens is 284 g/mol. The molecule has 118 valence electrons. The van der Waals surface area contributed by atoms with Crippen molar-refractivity contribution in [1.29, 1.82) is 0 Å². The lowest BCUT2D eigenvalue weighted by Gasteiger charge is -2.09. The van der Waals surface area contributed by atoms with Gasteiger partial charge in [0.2, 0.25) is 0 Å². The van der Waals surface area contributed by atoms with Gasteiger partial charge in [0, 0.05) is 11.8 Å². The molecule has 3 aromatic carbocycles. The van der Waals surface area contributed by atoms with Gasteiger partial charge in [0.15, 0.2) is 0 Å². The molecule has 0 heterocycles. The molecule has 0 bridgehead atoms. The maximum absolute atomic E-state index is 12.1. The number of carbonyl (C=O) groups excluding carboxylic acids is 1. The van der Waals surface area contributed by atoms with Gasteiger partial charge < -0.3 is 4.74 Å². The van der Waals surface area contributed by atoms with E-state index in [1.165, 1.54) is 18.2 Å². The number of carbonyl (C=O) groups is 1. The van der Waals surface area contributed by atoms with Gasteiger partial charge in [-0.05, 0) is 40.8 Å². The fourth-order valence-electron chi connectivity index (χ4n) is 2.90. The molecule has 0 N–H and O–H groups in total. The van der Waals surface area contributed by atoms with Gasteiger partial charge >= 0.3 is 5.97 Å². The van der Waals surface area contributed by atoms with E-state index in [1.54, 1.807) is 0 Å². The molecule has 0 saturated carbocycles. The standard InChI is InChI=1S/C21H22O2/c1-2-3-4-5-13-21(22)23-20-12-8-11-18-14-16-9-6-7-10-17(16)15-19(18)20/h6-12,14-15H,2-5,13H2,1H3. The third kappa shape index (κ3) is 3.70. The second kappa shape index (κ2) is 7.28. The minimum atomic E-state index is -0.137. The summed E-state index contributed by atoms with van der Waals surface area (Å²) in [7, 11) is 0. The highest BCUT2D eigenvalue weighted by Gasteiger charge is 2.09. The maximum Gasteiger partial charge on any atom is 0.311 e. The number of hydrogen-bond acceptors (Lipinski definition) is 2. The van der Waals surface area contributed by atoms with Crippen molar-refractivity contribution < 1.29 is 9.53 Å². The van der Waals surface area contributed by atoms with E-state index in [1.807, 2.05) is 24.3 Å². The highest BCUT2D eigenvalue weighted by molar-refractivity contribution is 6.01. The van der Waals surface area contributed by atoms with Gasteiger partial charge in [-0.3, -0.25) is 4.79 Å². The number of benzene rings is 3. The van der Waals surface area contributed by atoms with Gasteiger partial charge in [0.25, 0.3) is 0 Å². The van der Waals surface area contributed by atoms with E-state index < -0.39 is 0 Å². The summed E-state index contributed by atoms with van der Waals surface area (Å²) < 4.78 is 5.62. The van der Waals surface area contributed by atoms with Crippen LogP contribution in [0.15, 0.2) is 54.6 Å². The van der Waals surface area contributed by atoms with Gasteiger partial charge in [-0.25, -0.2) is 0 Å². The zero-order valence-electron chi connectivity index (χ0n) is 13.5. The molecule has 0 fully saturated rings. The molecule has 0 amide bonds. The number of unbranched alkanes of at least 4 members (excludes halogenated alkanes) is 3. The largest absolute Gasteiger partial charge is 0.426 e. The molecule has 0 unspecified atom stereocenters. The van der Waals surface area contributed by atoms with Crippen LogP contribution in [0.4, 0.5) is 0 Å². The van der Waals surface area contributed by atoms with Crippen molar-refractivity contribution in [3.63, 3.8) is 0 Å². The molecular formula is C21H22O2. The Labute approximate surface area is 137 Å². The Morgan fingerprint density at radius 2 is 1.61 bits per heavy atom. The molecule has 0 aliphatic carbocycles. The van der Waals surface area contributed by atoms with Crippen LogP contribution in [0.25, 0.3) is 21.5 Å². The average Bonchev–Trinajstić information content (AvgIpc) is 2.57. The van der Waals surface area contributed by atoms with Gasteiger partial charge in [0.05, 0.1) is 0 Å². The van der Waals surface area contributed by atoms with Crippen LogP contribution in [0.1, 0.15) is 39.0 Å². The van der Waals surface area contributed by atoms with E-state index in [9.17, 15) is 4.79 Å². The Kier molecular flexibility index (Phi) is 4.92. The lowest BCUT2D eigenvalue weighted by molar-refractivity contribution is -0.134. The second-order valence-electron chi connectivity index (χ2n) is 5.96. The number of fused-ring (bicyclic) bond motifs is 2. The first kappa shape index (κ1) is 15.5. The molecule has 0 radical (unpaired) electrons. The summed E-state index contributed by atoms with van der Waals surface area (Å²) in [5.74, 6) is 0.524. The number of ether oxygens (including phenoxy) is 1. The second-order valence-corrected chi connectivity index (χ2v) is 5.96. The van der Waals surface area contributed by atoms with E-state index in [4.69, 9.17) is 4.74 Å². The Hall–Kier alpha value is -2.35. The molecule has 0 spiro atoms. The summed E-state index contributed by atoms with van der Waals surface area (Å²) in [6.07, 6.45) is 4.83. The summed E-state index contributed by atoms with van der Waals surface area (Å²) in [6.45, 7) is 2.17. The normalized spacial score (nSPS) is 11.0. The lowest BCUT2D eigenvalue weighted by atomic mass is 10.0. The fourth-order valence-corrected chi connectivity index (χ4v) is 2.90. The van der Waals surface area contributed by atoms with Crippen LogP contribution >= 0.6 is 0 Å². The van der Waals surface area contributed by atoms with Crippen LogP contribution in [-0.2, 0) is 4.79 Å². The van der Waals surface area contributed by atoms with Crippen molar-refractivity contribution in [2.45, 2.75) is 39.0 Å². The van der Waals surface area contributed by atoms with Crippen molar-refractivity contribution in [2.24, 2.45) is 0 Å². The smallest absolute Gasteiger partial charge is 0.311 e. The minimum absolute atomic E-state index is 0.137. The third-order valence-electron chi connectivity index (χ3n) is 4.16. The van der Waals surface area contributed by atoms with Gasteiger partial charge in [-0.2, -0.15) is 0 Å². The van der Waals surface area contributed by atoms with Crippen molar-refractivity contribution in [1.82, 2.24) is 0 Å². The van der Waals surface area contributed by atoms with Crippen LogP contribution in [0.5, 0.6) is 5.75 Å². The van der Waals surface area contributed by atoms with Gasteiger partial charge in [-0.1, -0.05) is 62.6 Å². The average molecular weight is 306 g/mol. The molecule has 3 aromatic rings. The summed E-state index contributed by atoms with van der Waals surface area (Å²) in [5, 5.41) is 4.45. The predicted octanol–water partition coefficient (Wildman–Crippen LogP) is 5.87. The first-order valence-corrected chi connectivity index (χ1v) is 8.40. The molecule has 3 rings (SSSR count). The molecule has 0 atom stereocenters. The van der Waals surface area contributed by atoms with Crippen molar-refractivity contribution in [2.75, 3.05) is 0 Å². The highest BCUT2D eigenvalue weighted by atomic mass is 16.5. The molecule has 0 aromatic heterocycles. The first-order chi connectivity index (χ1) is 11.3. The molecule has 0 aliphatic heterocycles. The molecule has 2 nitrogen and oxygen atoms in total. The Morgan fingerprint density at radius 1 is 0.870 bits per heavy atom. The van der Waals surface area contributed by atoms with Crippen LogP contribution < -0.4 is 4.74 Å². The van der Waals surface area contributed by atoms with E-state index in [-0.39, 0.29) is 5.97 Å². The maximum atomic E-state index is 12.1. The van der Waals surface area contributed by atoms with Crippen LogP contribution in [0, 0.1) is 0 Å². The van der Waals surface area contributed by atoms with Crippen molar-refractivity contribution in [3.8, 4) is 5.75 Å². The molecule has 0 aliphatic rings. The van der Waals surface area contributed by atoms with E-state index in [2.05, 4.69) is 37.3 Å². The molecule has 23 heavy (non-hydrogen) atoms. The van der Waals surface area contributed by atoms with Gasteiger partial charge in [-0.15, -0.1) is 0 Å². The first-order valence-electron chi connectivity index (χ1n) is 8.40. The van der Waals surface area contributed by atoms with E-state index in [0.717, 1.165) is 29.0 Å². The Bertz CT molecular complexity index is 820. The fraction of sp³-hybridized carbons (Fsp3) is 0.286. The predicted molar refractivity (Wildman–Crippen MR) is 95.8 cm³/mol. The summed E-state index contributed by atoms with van der Waals surface area (Å²) >= 11 is 0. The van der Waals surface area contributed by atoms with Gasteiger partial charge in [0.1, 0.15) is 5.75 Å². The monoisotopic (exact) mass is 306 g/mol. The zero-order valence-corrected chi connectivity index (χ0v) is 13.5. The number of rotatable bonds is 6. The Morgan fingerprint density at radius 3 is 2.39 bits per heavy atom. The summed E-state index contributed by atoms with van der Waals surface area (Å²) in [5.41, 5.74) is 0. The third-order valence-corrected chi connectivity index (χ3v) is 4.16. The quantitative estimate of drug-likeness (QED) is 0.246. The van der Waals surface area contributed by atoms with Crippen LogP contribution in [0.2, 0.25) is 0 Å². The number of esters is 1. The van der Waals surface area contributed by atoms with Crippen molar-refractivity contribution in [3.05, 3.63) is 54.6 Å². The van der Waals surface area contributed by atoms with E-state index in [0.29, 0.717) is 12.2 Å².